The number of amides is 2. The van der Waals surface area contributed by atoms with Gasteiger partial charge in [-0.05, 0) is 18.1 Å². The van der Waals surface area contributed by atoms with Gasteiger partial charge in [0.15, 0.2) is 16.6 Å². The first kappa shape index (κ1) is 20.9. The average Bonchev–Trinajstić information content (AvgIpc) is 3.44. The largest absolute Gasteiger partial charge is 0.464 e. The molecule has 1 saturated heterocycles. The molecule has 2 aromatic heterocycles. The fourth-order valence-electron chi connectivity index (χ4n) is 3.52. The Labute approximate surface area is 180 Å². The molecule has 0 radical (unpaired) electrons. The van der Waals surface area contributed by atoms with Gasteiger partial charge < -0.3 is 10.1 Å². The number of ether oxygens (including phenoxy) is 1. The van der Waals surface area contributed by atoms with E-state index >= 15 is 0 Å². The number of nitrogens with zero attached hydrogens (tertiary/aromatic N) is 3. The van der Waals surface area contributed by atoms with Crippen molar-refractivity contribution in [3.63, 3.8) is 0 Å². The number of benzene rings is 1. The highest BCUT2D eigenvalue weighted by molar-refractivity contribution is 7.16. The van der Waals surface area contributed by atoms with E-state index in [0.29, 0.717) is 10.4 Å². The maximum Gasteiger partial charge on any atom is 0.357 e. The Morgan fingerprint density at radius 2 is 2.16 bits per heavy atom. The molecule has 0 aliphatic carbocycles. The number of anilines is 2. The summed E-state index contributed by atoms with van der Waals surface area (Å²) >= 11 is 1.19. The molecule has 2 amide bonds. The number of aromatic amines is 1. The lowest BCUT2D eigenvalue weighted by Gasteiger charge is -2.14. The van der Waals surface area contributed by atoms with Gasteiger partial charge in [0.1, 0.15) is 5.82 Å². The molecule has 0 spiro atoms. The van der Waals surface area contributed by atoms with E-state index in [0.717, 1.165) is 0 Å². The number of hydrogen-bond donors (Lipinski definition) is 2. The Hall–Kier alpha value is -3.34. The predicted molar refractivity (Wildman–Crippen MR) is 113 cm³/mol. The van der Waals surface area contributed by atoms with E-state index in [4.69, 9.17) is 4.74 Å². The highest BCUT2D eigenvalue weighted by atomic mass is 32.1. The second kappa shape index (κ2) is 8.06. The van der Waals surface area contributed by atoms with Crippen molar-refractivity contribution in [2.75, 3.05) is 23.9 Å². The molecule has 1 fully saturated rings. The Bertz CT molecular complexity index is 1190. The molecule has 162 valence electrons. The number of fused-ring (bicyclic) bond motifs is 1. The standard InChI is InChI=1S/C20H20FN5O4S/c1-9(2)16-15(19(29)30-3)22-20(31-16)23-18(28)10-7-13(27)26(8-10)17-14-11(21)5-4-6-12(14)24-25-17/h4-6,9-10H,7-8H2,1-3H3,(H,24,25)(H,22,23,28)/t10-/m0/s1. The van der Waals surface area contributed by atoms with Crippen molar-refractivity contribution in [2.24, 2.45) is 5.92 Å². The zero-order valence-corrected chi connectivity index (χ0v) is 17.9. The van der Waals surface area contributed by atoms with Crippen LogP contribution in [0.3, 0.4) is 0 Å². The zero-order valence-electron chi connectivity index (χ0n) is 17.1. The summed E-state index contributed by atoms with van der Waals surface area (Å²) in [6, 6.07) is 4.50. The van der Waals surface area contributed by atoms with E-state index in [-0.39, 0.29) is 46.8 Å². The number of carbonyl (C=O) groups is 3. The molecule has 4 rings (SSSR count). The number of halogens is 1. The van der Waals surface area contributed by atoms with Crippen LogP contribution in [-0.2, 0) is 14.3 Å². The average molecular weight is 445 g/mol. The zero-order chi connectivity index (χ0) is 22.3. The number of nitrogens with one attached hydrogen (secondary N) is 2. The number of methoxy groups -OCH3 is 1. The second-order valence-corrected chi connectivity index (χ2v) is 8.51. The third kappa shape index (κ3) is 3.76. The van der Waals surface area contributed by atoms with Gasteiger partial charge in [0, 0.05) is 17.8 Å². The quantitative estimate of drug-likeness (QED) is 0.583. The van der Waals surface area contributed by atoms with Crippen LogP contribution in [0.4, 0.5) is 15.3 Å². The van der Waals surface area contributed by atoms with Gasteiger partial charge in [-0.15, -0.1) is 11.3 Å². The lowest BCUT2D eigenvalue weighted by molar-refractivity contribution is -0.122. The van der Waals surface area contributed by atoms with Crippen LogP contribution in [0, 0.1) is 11.7 Å². The van der Waals surface area contributed by atoms with E-state index in [1.165, 1.54) is 29.4 Å². The van der Waals surface area contributed by atoms with Crippen molar-refractivity contribution < 1.29 is 23.5 Å². The van der Waals surface area contributed by atoms with Crippen molar-refractivity contribution in [1.82, 2.24) is 15.2 Å². The third-order valence-electron chi connectivity index (χ3n) is 5.06. The topological polar surface area (TPSA) is 117 Å². The Kier molecular flexibility index (Phi) is 5.44. The summed E-state index contributed by atoms with van der Waals surface area (Å²) < 4.78 is 19.0. The minimum absolute atomic E-state index is 0.0173. The number of aromatic nitrogens is 3. The summed E-state index contributed by atoms with van der Waals surface area (Å²) in [5.41, 5.74) is 0.635. The van der Waals surface area contributed by atoms with Gasteiger partial charge in [0.05, 0.1) is 23.9 Å². The van der Waals surface area contributed by atoms with E-state index in [2.05, 4.69) is 20.5 Å². The van der Waals surface area contributed by atoms with Gasteiger partial charge in [-0.3, -0.25) is 19.6 Å². The first-order chi connectivity index (χ1) is 14.8. The molecule has 3 aromatic rings. The molecule has 9 nitrogen and oxygen atoms in total. The van der Waals surface area contributed by atoms with Gasteiger partial charge in [-0.1, -0.05) is 19.9 Å². The number of rotatable bonds is 5. The Morgan fingerprint density at radius 3 is 2.87 bits per heavy atom. The first-order valence-electron chi connectivity index (χ1n) is 9.63. The molecule has 2 N–H and O–H groups in total. The fraction of sp³-hybridized carbons (Fsp3) is 0.350. The van der Waals surface area contributed by atoms with Crippen molar-refractivity contribution in [3.8, 4) is 0 Å². The predicted octanol–water partition coefficient (Wildman–Crippen LogP) is 3.06. The van der Waals surface area contributed by atoms with Gasteiger partial charge in [-0.25, -0.2) is 14.2 Å². The maximum atomic E-state index is 14.3. The molecule has 0 bridgehead atoms. The van der Waals surface area contributed by atoms with E-state index in [1.54, 1.807) is 12.1 Å². The monoisotopic (exact) mass is 445 g/mol. The molecule has 1 aliphatic rings. The van der Waals surface area contributed by atoms with Crippen LogP contribution in [-0.4, -0.2) is 46.6 Å². The Balaban J connectivity index is 1.53. The van der Waals surface area contributed by atoms with Crippen molar-refractivity contribution >= 4 is 51.0 Å². The molecule has 1 aliphatic heterocycles. The summed E-state index contributed by atoms with van der Waals surface area (Å²) in [6.07, 6.45) is -0.0408. The molecule has 31 heavy (non-hydrogen) atoms. The van der Waals surface area contributed by atoms with Crippen molar-refractivity contribution in [1.29, 1.82) is 0 Å². The highest BCUT2D eigenvalue weighted by Crippen LogP contribution is 2.33. The molecule has 1 atom stereocenters. The summed E-state index contributed by atoms with van der Waals surface area (Å²) in [4.78, 5) is 43.5. The van der Waals surface area contributed by atoms with Gasteiger partial charge in [-0.2, -0.15) is 5.10 Å². The second-order valence-electron chi connectivity index (χ2n) is 7.48. The third-order valence-corrected chi connectivity index (χ3v) is 6.33. The van der Waals surface area contributed by atoms with Crippen LogP contribution < -0.4 is 10.2 Å². The lowest BCUT2D eigenvalue weighted by Crippen LogP contribution is -2.28. The van der Waals surface area contributed by atoms with Crippen LogP contribution in [0.15, 0.2) is 18.2 Å². The molecular weight excluding hydrogens is 425 g/mol. The molecule has 0 saturated carbocycles. The van der Waals surface area contributed by atoms with Crippen LogP contribution in [0.25, 0.3) is 10.9 Å². The fourth-order valence-corrected chi connectivity index (χ4v) is 4.48. The van der Waals surface area contributed by atoms with E-state index < -0.39 is 23.6 Å². The molecule has 0 unspecified atom stereocenters. The van der Waals surface area contributed by atoms with Crippen molar-refractivity contribution in [2.45, 2.75) is 26.2 Å². The number of esters is 1. The van der Waals surface area contributed by atoms with E-state index in [9.17, 15) is 18.8 Å². The number of H-pyrrole nitrogens is 1. The maximum absolute atomic E-state index is 14.3. The van der Waals surface area contributed by atoms with E-state index in [1.807, 2.05) is 13.8 Å². The van der Waals surface area contributed by atoms with Gasteiger partial charge in [0.2, 0.25) is 11.8 Å². The SMILES string of the molecule is COC(=O)c1nc(NC(=O)[C@H]2CC(=O)N(c3n[nH]c4cccc(F)c34)C2)sc1C(C)C. The molecular formula is C20H20FN5O4S. The van der Waals surface area contributed by atoms with Crippen LogP contribution in [0.2, 0.25) is 0 Å². The molecule has 3 heterocycles. The summed E-state index contributed by atoms with van der Waals surface area (Å²) in [6.45, 7) is 3.88. The van der Waals surface area contributed by atoms with Crippen LogP contribution in [0.1, 0.15) is 41.6 Å². The first-order valence-corrected chi connectivity index (χ1v) is 10.4. The summed E-state index contributed by atoms with van der Waals surface area (Å²) in [7, 11) is 1.27. The highest BCUT2D eigenvalue weighted by Gasteiger charge is 2.38. The number of thiazole rings is 1. The summed E-state index contributed by atoms with van der Waals surface area (Å²) in [5, 5.41) is 9.95. The lowest BCUT2D eigenvalue weighted by atomic mass is 10.1. The van der Waals surface area contributed by atoms with Gasteiger partial charge in [0.25, 0.3) is 0 Å². The minimum atomic E-state index is -0.668. The van der Waals surface area contributed by atoms with Gasteiger partial charge >= 0.3 is 5.97 Å². The molecule has 1 aromatic carbocycles. The van der Waals surface area contributed by atoms with Crippen LogP contribution >= 0.6 is 11.3 Å². The normalized spacial score (nSPS) is 16.4. The van der Waals surface area contributed by atoms with Crippen LogP contribution in [0.5, 0.6) is 0 Å². The smallest absolute Gasteiger partial charge is 0.357 e. The summed E-state index contributed by atoms with van der Waals surface area (Å²) in [5.74, 6) is -2.29. The number of hydrogen-bond acceptors (Lipinski definition) is 7. The van der Waals surface area contributed by atoms with Crippen molar-refractivity contribution in [3.05, 3.63) is 34.6 Å². The number of carbonyl (C=O) groups excluding carboxylic acids is 3. The molecule has 11 heteroatoms. The minimum Gasteiger partial charge on any atom is -0.464 e. The Morgan fingerprint density at radius 1 is 1.39 bits per heavy atom.